The van der Waals surface area contributed by atoms with E-state index in [0.717, 1.165) is 0 Å². The normalized spacial score (nSPS) is 4.73. The third kappa shape index (κ3) is 211. The van der Waals surface area contributed by atoms with Crippen molar-refractivity contribution in [3.8, 4) is 0 Å². The van der Waals surface area contributed by atoms with Gasteiger partial charge in [0.2, 0.25) is 0 Å². The molecule has 0 aromatic rings. The van der Waals surface area contributed by atoms with Crippen molar-refractivity contribution >= 4 is 0 Å². The first-order valence-corrected chi connectivity index (χ1v) is 5.05. The minimum atomic E-state index is -4.08. The Hall–Kier alpha value is 2.58. The van der Waals surface area contributed by atoms with Crippen molar-refractivity contribution in [2.24, 2.45) is 0 Å². The zero-order valence-corrected chi connectivity index (χ0v) is 10.1. The van der Waals surface area contributed by atoms with Crippen LogP contribution in [0, 0.1) is 0 Å². The molecule has 0 atom stereocenters. The van der Waals surface area contributed by atoms with Crippen LogP contribution in [0.1, 0.15) is 0 Å². The molecule has 0 rings (SSSR count). The fraction of sp³-hybridized carbons (Fsp3) is 0. The number of rotatable bonds is 0. The Morgan fingerprint density at radius 1 is 0.727 bits per heavy atom. The van der Waals surface area contributed by atoms with Crippen LogP contribution < -0.4 is 52.5 Å². The standard InChI is InChI=1S/2Li.Mn.6O.2Ti/q2*+1;+2;;;4*-1;;. The maximum atomic E-state index is 8.58. The second kappa shape index (κ2) is 22.9. The molecular weight excluding hydrogens is 261 g/mol. The second-order valence-electron chi connectivity index (χ2n) is 0.500. The van der Waals surface area contributed by atoms with E-state index in [0.29, 0.717) is 0 Å². The molecule has 0 aliphatic heterocycles. The SMILES string of the molecule is [Li+].[Li+].[Mn+2].[O]=[Ti]([O-])[O-].[O]=[Ti]([O-])[O-]. The fourth-order valence-electron chi connectivity index (χ4n) is 0. The van der Waals surface area contributed by atoms with E-state index < -0.39 is 37.2 Å². The molecule has 0 fully saturated rings. The predicted molar refractivity (Wildman–Crippen MR) is 1.37 cm³/mol. The van der Waals surface area contributed by atoms with Crippen LogP contribution in [0.3, 0.4) is 0 Å². The van der Waals surface area contributed by atoms with Gasteiger partial charge in [0.25, 0.3) is 0 Å². The van der Waals surface area contributed by atoms with Crippen LogP contribution >= 0.6 is 0 Å². The Labute approximate surface area is 112 Å². The van der Waals surface area contributed by atoms with E-state index in [4.69, 9.17) is 21.4 Å². The second-order valence-corrected chi connectivity index (χ2v) is 2.06. The minimum absolute atomic E-state index is 0. The van der Waals surface area contributed by atoms with Gasteiger partial charge in [0, 0.05) is 0 Å². The van der Waals surface area contributed by atoms with Crippen molar-refractivity contribution < 1.29 is 113 Å². The van der Waals surface area contributed by atoms with Crippen molar-refractivity contribution in [3.63, 3.8) is 0 Å². The van der Waals surface area contributed by atoms with E-state index in [-0.39, 0.29) is 54.8 Å². The summed E-state index contributed by atoms with van der Waals surface area (Å²) >= 11 is -8.17. The molecule has 0 bridgehead atoms. The summed E-state index contributed by atoms with van der Waals surface area (Å²) in [6.45, 7) is 0. The summed E-state index contributed by atoms with van der Waals surface area (Å²) in [6.07, 6.45) is 0. The summed E-state index contributed by atoms with van der Waals surface area (Å²) in [6, 6.07) is 0. The van der Waals surface area contributed by atoms with E-state index in [1.807, 2.05) is 0 Å². The van der Waals surface area contributed by atoms with Crippen molar-refractivity contribution in [1.82, 2.24) is 0 Å². The van der Waals surface area contributed by atoms with E-state index in [2.05, 4.69) is 0 Å². The molecule has 6 nitrogen and oxygen atoms in total. The van der Waals surface area contributed by atoms with Gasteiger partial charge in [-0.3, -0.25) is 0 Å². The maximum absolute atomic E-state index is 8.58. The molecule has 0 saturated carbocycles. The summed E-state index contributed by atoms with van der Waals surface area (Å²) in [5, 5.41) is 0. The zero-order valence-electron chi connectivity index (χ0n) is 5.83. The molecular formula is Li2MnO6Ti2. The fourth-order valence-corrected chi connectivity index (χ4v) is 0. The molecule has 0 aromatic heterocycles. The molecule has 11 heavy (non-hydrogen) atoms. The molecule has 0 aromatic carbocycles. The third-order valence-electron chi connectivity index (χ3n) is 0. The number of hydrogen-bond donors (Lipinski definition) is 0. The van der Waals surface area contributed by atoms with Crippen LogP contribution in [0.5, 0.6) is 0 Å². The topological polar surface area (TPSA) is 126 Å². The summed E-state index contributed by atoms with van der Waals surface area (Å²) < 4.78 is 51.5. The Balaban J connectivity index is -0.0000000171. The average Bonchev–Trinajstić information content (AvgIpc) is 1.25. The molecule has 0 spiro atoms. The van der Waals surface area contributed by atoms with Gasteiger partial charge in [0.05, 0.1) is 0 Å². The zero-order chi connectivity index (χ0) is 7.15. The van der Waals surface area contributed by atoms with Gasteiger partial charge in [-0.05, 0) is 0 Å². The van der Waals surface area contributed by atoms with E-state index in [1.54, 1.807) is 0 Å². The molecule has 0 heterocycles. The quantitative estimate of drug-likeness (QED) is 0.398. The van der Waals surface area contributed by atoms with Crippen molar-refractivity contribution in [1.29, 1.82) is 0 Å². The van der Waals surface area contributed by atoms with Crippen LogP contribution in [-0.4, -0.2) is 0 Å². The molecule has 0 unspecified atom stereocenters. The van der Waals surface area contributed by atoms with Crippen molar-refractivity contribution in [2.75, 3.05) is 0 Å². The van der Waals surface area contributed by atoms with Gasteiger partial charge in [-0.15, -0.1) is 0 Å². The summed E-state index contributed by atoms with van der Waals surface area (Å²) in [5.41, 5.74) is 0. The van der Waals surface area contributed by atoms with Gasteiger partial charge in [-0.25, -0.2) is 0 Å². The Morgan fingerprint density at radius 3 is 0.727 bits per heavy atom. The summed E-state index contributed by atoms with van der Waals surface area (Å²) in [5.74, 6) is 0. The van der Waals surface area contributed by atoms with Crippen LogP contribution in [0.15, 0.2) is 0 Å². The van der Waals surface area contributed by atoms with Crippen molar-refractivity contribution in [2.45, 2.75) is 0 Å². The molecule has 0 aliphatic carbocycles. The van der Waals surface area contributed by atoms with E-state index in [9.17, 15) is 0 Å². The van der Waals surface area contributed by atoms with Crippen LogP contribution in [-0.2, 0) is 61.0 Å². The first-order chi connectivity index (χ1) is 3.46. The first-order valence-electron chi connectivity index (χ1n) is 1.22. The molecule has 11 heteroatoms. The van der Waals surface area contributed by atoms with Gasteiger partial charge in [-0.2, -0.15) is 0 Å². The monoisotopic (exact) mass is 261 g/mol. The number of hydrogen-bond acceptors (Lipinski definition) is 6. The van der Waals surface area contributed by atoms with Gasteiger partial charge in [0.1, 0.15) is 0 Å². The Bertz CT molecular complexity index is 76.6. The molecule has 0 saturated heterocycles. The van der Waals surface area contributed by atoms with E-state index >= 15 is 0 Å². The Kier molecular flexibility index (Phi) is 60.8. The molecule has 1 radical (unpaired) electrons. The molecule has 53 valence electrons. The van der Waals surface area contributed by atoms with Gasteiger partial charge >= 0.3 is 113 Å². The van der Waals surface area contributed by atoms with Crippen LogP contribution in [0.2, 0.25) is 0 Å². The van der Waals surface area contributed by atoms with Gasteiger partial charge in [-0.1, -0.05) is 0 Å². The first kappa shape index (κ1) is 29.2. The summed E-state index contributed by atoms with van der Waals surface area (Å²) in [4.78, 5) is 0. The average molecular weight is 261 g/mol. The molecule has 0 N–H and O–H groups in total. The van der Waals surface area contributed by atoms with Crippen LogP contribution in [0.25, 0.3) is 0 Å². The van der Waals surface area contributed by atoms with Gasteiger partial charge < -0.3 is 0 Å². The van der Waals surface area contributed by atoms with Crippen LogP contribution in [0.4, 0.5) is 0 Å². The van der Waals surface area contributed by atoms with Gasteiger partial charge in [0.15, 0.2) is 0 Å². The van der Waals surface area contributed by atoms with Crippen molar-refractivity contribution in [3.05, 3.63) is 0 Å². The Morgan fingerprint density at radius 2 is 0.727 bits per heavy atom. The molecule has 0 aliphatic rings. The molecule has 0 amide bonds. The predicted octanol–water partition coefficient (Wildman–Crippen LogP) is -11.0. The van der Waals surface area contributed by atoms with E-state index in [1.165, 1.54) is 0 Å². The summed E-state index contributed by atoms with van der Waals surface area (Å²) in [7, 11) is 0. The third-order valence-corrected chi connectivity index (χ3v) is 0.